The van der Waals surface area contributed by atoms with Crippen molar-refractivity contribution in [3.8, 4) is 0 Å². The number of benzene rings is 1. The van der Waals surface area contributed by atoms with Gasteiger partial charge in [0.05, 0.1) is 0 Å². The van der Waals surface area contributed by atoms with Gasteiger partial charge in [-0.05, 0) is 24.3 Å². The molecule has 6 heteroatoms. The minimum Gasteiger partial charge on any atom is -0.339 e. The summed E-state index contributed by atoms with van der Waals surface area (Å²) in [6, 6.07) is 9.45. The Balaban J connectivity index is 1.42. The predicted octanol–water partition coefficient (Wildman–Crippen LogP) is 3.75. The summed E-state index contributed by atoms with van der Waals surface area (Å²) in [7, 11) is 0. The van der Waals surface area contributed by atoms with E-state index in [1.807, 2.05) is 29.2 Å². The number of carbonyl (C=O) groups is 2. The van der Waals surface area contributed by atoms with Crippen LogP contribution in [0.2, 0.25) is 5.15 Å². The molecule has 5 nitrogen and oxygen atoms in total. The molecule has 1 saturated heterocycles. The fraction of sp³-hybridized carbons (Fsp3) is 0.476. The molecule has 0 N–H and O–H groups in total. The molecular formula is C21H24ClN3O2. The second-order valence-electron chi connectivity index (χ2n) is 7.47. The van der Waals surface area contributed by atoms with Gasteiger partial charge in [-0.3, -0.25) is 9.59 Å². The molecule has 2 heterocycles. The Hall–Kier alpha value is -2.14. The molecule has 2 aromatic rings. The number of halogens is 1. The maximum absolute atomic E-state index is 12.9. The second kappa shape index (κ2) is 7.85. The summed E-state index contributed by atoms with van der Waals surface area (Å²) < 4.78 is 0. The summed E-state index contributed by atoms with van der Waals surface area (Å²) in [5, 5.41) is 2.10. The Morgan fingerprint density at radius 2 is 1.63 bits per heavy atom. The van der Waals surface area contributed by atoms with E-state index in [2.05, 4.69) is 4.98 Å². The molecule has 0 atom stereocenters. The second-order valence-corrected chi connectivity index (χ2v) is 7.83. The zero-order chi connectivity index (χ0) is 18.8. The maximum atomic E-state index is 12.9. The number of rotatable bonds is 2. The summed E-state index contributed by atoms with van der Waals surface area (Å²) in [6.07, 6.45) is 5.58. The number of pyridine rings is 1. The van der Waals surface area contributed by atoms with Gasteiger partial charge >= 0.3 is 0 Å². The van der Waals surface area contributed by atoms with Crippen LogP contribution in [0.25, 0.3) is 10.8 Å². The minimum atomic E-state index is -0.118. The van der Waals surface area contributed by atoms with Crippen LogP contribution in [0.3, 0.4) is 0 Å². The van der Waals surface area contributed by atoms with E-state index in [1.165, 1.54) is 6.42 Å². The van der Waals surface area contributed by atoms with E-state index in [0.29, 0.717) is 37.0 Å². The van der Waals surface area contributed by atoms with Gasteiger partial charge in [-0.2, -0.15) is 0 Å². The van der Waals surface area contributed by atoms with E-state index in [-0.39, 0.29) is 17.7 Å². The first kappa shape index (κ1) is 18.2. The molecule has 1 aliphatic heterocycles. The van der Waals surface area contributed by atoms with Crippen molar-refractivity contribution in [2.24, 2.45) is 5.92 Å². The molecule has 1 aliphatic carbocycles. The Kier molecular flexibility index (Phi) is 5.30. The molecule has 2 amide bonds. The average molecular weight is 386 g/mol. The number of carbonyl (C=O) groups excluding carboxylic acids is 2. The molecular weight excluding hydrogens is 362 g/mol. The number of fused-ring (bicyclic) bond motifs is 1. The van der Waals surface area contributed by atoms with Crippen molar-refractivity contribution in [1.82, 2.24) is 14.8 Å². The van der Waals surface area contributed by atoms with Crippen LogP contribution in [0.4, 0.5) is 0 Å². The van der Waals surface area contributed by atoms with Crippen LogP contribution in [0.1, 0.15) is 42.6 Å². The van der Waals surface area contributed by atoms with Gasteiger partial charge in [0.1, 0.15) is 10.8 Å². The summed E-state index contributed by atoms with van der Waals surface area (Å²) >= 11 is 6.26. The number of amides is 2. The van der Waals surface area contributed by atoms with Gasteiger partial charge in [0, 0.05) is 37.5 Å². The first-order valence-electron chi connectivity index (χ1n) is 9.77. The third kappa shape index (κ3) is 3.79. The van der Waals surface area contributed by atoms with Crippen LogP contribution < -0.4 is 0 Å². The van der Waals surface area contributed by atoms with E-state index >= 15 is 0 Å². The number of nitrogens with zero attached hydrogens (tertiary/aromatic N) is 3. The van der Waals surface area contributed by atoms with Gasteiger partial charge in [-0.1, -0.05) is 55.1 Å². The fourth-order valence-corrected chi connectivity index (χ4v) is 4.43. The maximum Gasteiger partial charge on any atom is 0.272 e. The standard InChI is InChI=1S/C21H24ClN3O2/c22-19-17-9-5-4-8-16(17)14-18(23-19)21(27)25-12-10-24(11-13-25)20(26)15-6-2-1-3-7-15/h4-5,8-9,14-15H,1-3,6-7,10-13H2. The molecule has 2 aliphatic rings. The minimum absolute atomic E-state index is 0.118. The third-order valence-corrected chi connectivity index (χ3v) is 6.03. The topological polar surface area (TPSA) is 53.5 Å². The third-order valence-electron chi connectivity index (χ3n) is 5.75. The lowest BCUT2D eigenvalue weighted by Gasteiger charge is -2.37. The van der Waals surface area contributed by atoms with Crippen LogP contribution in [-0.4, -0.2) is 52.8 Å². The molecule has 142 valence electrons. The SMILES string of the molecule is O=C(c1cc2ccccc2c(Cl)n1)N1CCN(C(=O)C2CCCCC2)CC1. The Bertz CT molecular complexity index is 856. The quantitative estimate of drug-likeness (QED) is 0.740. The van der Waals surface area contributed by atoms with E-state index in [1.54, 1.807) is 11.0 Å². The molecule has 1 aromatic heterocycles. The number of hydrogen-bond acceptors (Lipinski definition) is 3. The van der Waals surface area contributed by atoms with Crippen molar-refractivity contribution in [2.75, 3.05) is 26.2 Å². The number of hydrogen-bond donors (Lipinski definition) is 0. The average Bonchev–Trinajstić information content (AvgIpc) is 2.73. The van der Waals surface area contributed by atoms with Crippen LogP contribution >= 0.6 is 11.6 Å². The Morgan fingerprint density at radius 3 is 2.37 bits per heavy atom. The van der Waals surface area contributed by atoms with Gasteiger partial charge in [-0.25, -0.2) is 4.98 Å². The van der Waals surface area contributed by atoms with E-state index in [4.69, 9.17) is 11.6 Å². The van der Waals surface area contributed by atoms with Crippen molar-refractivity contribution in [1.29, 1.82) is 0 Å². The summed E-state index contributed by atoms with van der Waals surface area (Å²) in [6.45, 7) is 2.29. The molecule has 1 aromatic carbocycles. The van der Waals surface area contributed by atoms with Crippen molar-refractivity contribution < 1.29 is 9.59 Å². The number of piperazine rings is 1. The normalized spacial score (nSPS) is 18.7. The zero-order valence-electron chi connectivity index (χ0n) is 15.4. The van der Waals surface area contributed by atoms with Crippen molar-refractivity contribution in [3.05, 3.63) is 41.2 Å². The van der Waals surface area contributed by atoms with Gasteiger partial charge < -0.3 is 9.80 Å². The lowest BCUT2D eigenvalue weighted by molar-refractivity contribution is -0.138. The highest BCUT2D eigenvalue weighted by atomic mass is 35.5. The first-order chi connectivity index (χ1) is 13.1. The Labute approximate surface area is 164 Å². The van der Waals surface area contributed by atoms with Crippen molar-refractivity contribution in [2.45, 2.75) is 32.1 Å². The largest absolute Gasteiger partial charge is 0.339 e. The molecule has 0 unspecified atom stereocenters. The van der Waals surface area contributed by atoms with Crippen LogP contribution in [-0.2, 0) is 4.79 Å². The van der Waals surface area contributed by atoms with E-state index in [9.17, 15) is 9.59 Å². The zero-order valence-corrected chi connectivity index (χ0v) is 16.1. The van der Waals surface area contributed by atoms with Crippen LogP contribution in [0.15, 0.2) is 30.3 Å². The highest BCUT2D eigenvalue weighted by Crippen LogP contribution is 2.26. The summed E-state index contributed by atoms with van der Waals surface area (Å²) in [4.78, 5) is 33.6. The van der Waals surface area contributed by atoms with Crippen molar-refractivity contribution >= 4 is 34.2 Å². The molecule has 4 rings (SSSR count). The van der Waals surface area contributed by atoms with Gasteiger partial charge in [0.2, 0.25) is 5.91 Å². The predicted molar refractivity (Wildman–Crippen MR) is 106 cm³/mol. The summed E-state index contributed by atoms with van der Waals surface area (Å²) in [5.41, 5.74) is 0.366. The first-order valence-corrected chi connectivity index (χ1v) is 10.1. The van der Waals surface area contributed by atoms with Gasteiger partial charge in [0.15, 0.2) is 0 Å². The lowest BCUT2D eigenvalue weighted by Crippen LogP contribution is -2.52. The summed E-state index contributed by atoms with van der Waals surface area (Å²) in [5.74, 6) is 0.336. The lowest BCUT2D eigenvalue weighted by atomic mass is 9.88. The van der Waals surface area contributed by atoms with Crippen molar-refractivity contribution in [3.63, 3.8) is 0 Å². The molecule has 0 radical (unpaired) electrons. The highest BCUT2D eigenvalue weighted by Gasteiger charge is 2.30. The van der Waals surface area contributed by atoms with Crippen LogP contribution in [0.5, 0.6) is 0 Å². The van der Waals surface area contributed by atoms with Gasteiger partial charge in [0.25, 0.3) is 5.91 Å². The van der Waals surface area contributed by atoms with E-state index in [0.717, 1.165) is 36.5 Å². The van der Waals surface area contributed by atoms with E-state index < -0.39 is 0 Å². The molecule has 1 saturated carbocycles. The molecule has 0 spiro atoms. The molecule has 27 heavy (non-hydrogen) atoms. The smallest absolute Gasteiger partial charge is 0.272 e. The van der Waals surface area contributed by atoms with Gasteiger partial charge in [-0.15, -0.1) is 0 Å². The Morgan fingerprint density at radius 1 is 0.963 bits per heavy atom. The van der Waals surface area contributed by atoms with Crippen LogP contribution in [0, 0.1) is 5.92 Å². The molecule has 2 fully saturated rings. The number of aromatic nitrogens is 1. The molecule has 0 bridgehead atoms. The monoisotopic (exact) mass is 385 g/mol. The fourth-order valence-electron chi connectivity index (χ4n) is 4.17. The highest BCUT2D eigenvalue weighted by molar-refractivity contribution is 6.34.